The Balaban J connectivity index is 0.0000350. The van der Waals surface area contributed by atoms with Gasteiger partial charge in [0, 0.05) is 186 Å². The van der Waals surface area contributed by atoms with Gasteiger partial charge in [0.2, 0.25) is 47.5 Å². The summed E-state index contributed by atoms with van der Waals surface area (Å²) in [5.41, 5.74) is 0.310. The molecule has 788 valence electrons. The minimum atomic E-state index is -1.67. The Bertz CT molecular complexity index is 4470. The number of hydrogen-bond acceptors (Lipinski definition) is 33. The molecule has 0 radical (unpaired) electrons. The minimum absolute atomic E-state index is 0. The number of amides is 8. The summed E-state index contributed by atoms with van der Waals surface area (Å²) in [5.74, 6) is -7.71. The predicted octanol–water partition coefficient (Wildman–Crippen LogP) is 8.30. The summed E-state index contributed by atoms with van der Waals surface area (Å²) in [6, 6.07) is 21.5. The first kappa shape index (κ1) is 122. The van der Waals surface area contributed by atoms with Crippen molar-refractivity contribution in [1.82, 2.24) is 41.1 Å². The maximum atomic E-state index is 15.9. The van der Waals surface area contributed by atoms with Gasteiger partial charge in [0.15, 0.2) is 18.9 Å². The fraction of sp³-hybridized carbons (Fsp3) is 0.663. The van der Waals surface area contributed by atoms with E-state index in [9.17, 15) is 67.1 Å². The maximum absolute atomic E-state index is 15.9. The van der Waals surface area contributed by atoms with Gasteiger partial charge in [0.25, 0.3) is 5.91 Å². The summed E-state index contributed by atoms with van der Waals surface area (Å²) in [5, 5.41) is 14.6. The number of carbonyl (C=O) groups excluding carboxylic acids is 15. The van der Waals surface area contributed by atoms with Gasteiger partial charge in [0.1, 0.15) is 73.5 Å². The Hall–Kier alpha value is -9.41. The van der Waals surface area contributed by atoms with E-state index in [0.717, 1.165) is 0 Å². The number of benzene rings is 3. The standard InChI is InChI=1S/C98H146N8O31PS2.W/c1-62-88(101-65(4)107)95(135-79(58-127-68(7)110)91(62)131-71(10)113)124-55-29-18-15-24-36-83(116)99-49-32-53-105(86(119)38-26-17-20-31-57-126-97-90(103-67(6)109)64(3)93(133-73(12)115)81(137-97)60-129-70(9)112)51-27-28-52-106(54-33-50-100-84(117)37-25-16-19-30-56-125-96-89(102-66(5)108)63(2)92(132-72(11)114)80(136-96)59-128-69(8)111)94(121)82(134-87(120)48-47-85(118)104-140(138)139)61-130-98(74-34-22-21-23-35-74,75-39-43-77(122-13)44-40-75)76-41-45-78(123-14)46-42-76;/h21-23,34-35,39-46,62-64,79-82,88-93,95-97,138H,15-20,24-33,36-38,47-61H2,1-14H3,(H,99,116)(H,100,117)(H,101,107)(H,102,108)(H,103,109)(H,104,118,139);/q-1;/t62-,63-,64-,79?,80?,81?,82?,88?,89?,90?,91-,92-,93-,95-,96-,97-;/m1./s1. The van der Waals surface area contributed by atoms with E-state index in [4.69, 9.17) is 87.0 Å². The van der Waals surface area contributed by atoms with Crippen molar-refractivity contribution in [3.63, 3.8) is 0 Å². The van der Waals surface area contributed by atoms with Crippen LogP contribution in [0.25, 0.3) is 0 Å². The van der Waals surface area contributed by atoms with Gasteiger partial charge in [0.05, 0.1) is 45.4 Å². The van der Waals surface area contributed by atoms with Crippen molar-refractivity contribution in [2.75, 3.05) is 99.7 Å². The molecule has 8 amide bonds. The van der Waals surface area contributed by atoms with E-state index in [0.29, 0.717) is 118 Å². The Labute approximate surface area is 849 Å². The molecule has 39 nitrogen and oxygen atoms in total. The molecule has 3 aliphatic rings. The van der Waals surface area contributed by atoms with Crippen LogP contribution in [-0.4, -0.2) is 278 Å². The summed E-state index contributed by atoms with van der Waals surface area (Å²) < 4.78 is 96.9. The number of hydrogen-bond donors (Lipinski definition) is 6. The molecule has 0 spiro atoms. The first-order valence-corrected chi connectivity index (χ1v) is 51.5. The molecule has 0 aromatic heterocycles. The Morgan fingerprint density at radius 2 is 0.766 bits per heavy atom. The molecule has 141 heavy (non-hydrogen) atoms. The zero-order valence-electron chi connectivity index (χ0n) is 83.6. The van der Waals surface area contributed by atoms with Crippen LogP contribution < -0.4 is 40.8 Å². The molecular weight excluding hydrogens is 2060 g/mol. The number of esters is 7. The van der Waals surface area contributed by atoms with Gasteiger partial charge in [-0.15, -0.1) is 0 Å². The summed E-state index contributed by atoms with van der Waals surface area (Å²) in [6.07, 6.45) is -2.01. The number of rotatable bonds is 63. The first-order valence-electron chi connectivity index (χ1n) is 48.1. The van der Waals surface area contributed by atoms with Crippen molar-refractivity contribution in [2.45, 2.75) is 303 Å². The van der Waals surface area contributed by atoms with Crippen molar-refractivity contribution >= 4 is 117 Å². The molecule has 3 aromatic rings. The average molecular weight is 2210 g/mol. The second-order valence-electron chi connectivity index (χ2n) is 35.0. The normalized spacial score (nSPS) is 21.1. The van der Waals surface area contributed by atoms with Crippen molar-refractivity contribution in [3.8, 4) is 11.5 Å². The van der Waals surface area contributed by atoms with E-state index in [1.54, 1.807) is 49.9 Å². The molecule has 16 atom stereocenters. The maximum Gasteiger partial charge on any atom is 0.307 e. The molecular formula is C98H146N8O31PS2W-. The average Bonchev–Trinajstić information content (AvgIpc) is 0.749. The molecule has 3 aromatic carbocycles. The number of methoxy groups -OCH3 is 2. The van der Waals surface area contributed by atoms with Gasteiger partial charge < -0.3 is 117 Å². The van der Waals surface area contributed by atoms with Gasteiger partial charge in [-0.25, -0.2) is 11.2 Å². The molecule has 3 heterocycles. The molecule has 0 saturated carbocycles. The Morgan fingerprint density at radius 3 is 1.12 bits per heavy atom. The number of unbranched alkanes of at least 4 members (excludes halogenated alkanes) is 10. The van der Waals surface area contributed by atoms with Crippen LogP contribution >= 0.6 is 8.02 Å². The molecule has 6 N–H and O–H groups in total. The topological polar surface area (TPSA) is 482 Å². The number of nitrogens with zero attached hydrogens (tertiary/aromatic N) is 2. The third-order valence-corrected chi connectivity index (χ3v) is 24.8. The van der Waals surface area contributed by atoms with Crippen LogP contribution in [0.2, 0.25) is 0 Å². The molecule has 6 rings (SSSR count). The van der Waals surface area contributed by atoms with Crippen LogP contribution in [0.4, 0.5) is 0 Å². The second kappa shape index (κ2) is 65.8. The van der Waals surface area contributed by atoms with Crippen LogP contribution in [0.1, 0.15) is 235 Å². The van der Waals surface area contributed by atoms with Crippen molar-refractivity contribution in [2.24, 2.45) is 17.8 Å². The monoisotopic (exact) mass is 2210 g/mol. The van der Waals surface area contributed by atoms with E-state index >= 15 is 4.79 Å². The van der Waals surface area contributed by atoms with E-state index < -0.39 is 179 Å². The number of nitrogens with one attached hydrogen (secondary N) is 6. The quantitative estimate of drug-likeness (QED) is 0.00772. The molecule has 3 saturated heterocycles. The van der Waals surface area contributed by atoms with Crippen LogP contribution in [0.3, 0.4) is 0 Å². The first-order chi connectivity index (χ1) is 66.8. The molecule has 0 bridgehead atoms. The largest absolute Gasteiger partial charge is 0.497 e. The number of carbonyl (C=O) groups is 15. The zero-order valence-corrected chi connectivity index (χ0v) is 89.1. The van der Waals surface area contributed by atoms with E-state index in [-0.39, 0.29) is 174 Å². The fourth-order valence-electron chi connectivity index (χ4n) is 16.9. The van der Waals surface area contributed by atoms with Gasteiger partial charge >= 0.3 is 41.8 Å². The van der Waals surface area contributed by atoms with Gasteiger partial charge in [-0.1, -0.05) is 114 Å². The van der Waals surface area contributed by atoms with E-state index in [2.05, 4.69) is 39.3 Å². The number of ether oxygens (including phenoxy) is 16. The molecule has 3 fully saturated rings. The van der Waals surface area contributed by atoms with E-state index in [1.807, 2.05) is 54.6 Å². The van der Waals surface area contributed by atoms with Crippen LogP contribution in [0.5, 0.6) is 11.5 Å². The predicted molar refractivity (Wildman–Crippen MR) is 516 cm³/mol. The second-order valence-corrected chi connectivity index (χ2v) is 38.9. The van der Waals surface area contributed by atoms with Crippen LogP contribution in [0.15, 0.2) is 78.9 Å². The van der Waals surface area contributed by atoms with Crippen molar-refractivity contribution in [3.05, 3.63) is 95.6 Å². The van der Waals surface area contributed by atoms with Crippen LogP contribution in [0, 0.1) is 17.8 Å². The van der Waals surface area contributed by atoms with Crippen molar-refractivity contribution in [1.29, 1.82) is 0 Å². The van der Waals surface area contributed by atoms with Gasteiger partial charge in [-0.05, 0) is 105 Å². The minimum Gasteiger partial charge on any atom is -0.497 e. The molecule has 0 aliphatic carbocycles. The van der Waals surface area contributed by atoms with E-state index in [1.165, 1.54) is 81.4 Å². The summed E-state index contributed by atoms with van der Waals surface area (Å²) in [7, 11) is 5.18. The van der Waals surface area contributed by atoms with Crippen LogP contribution in [-0.2, 0) is 185 Å². The third-order valence-electron chi connectivity index (χ3n) is 23.8. The van der Waals surface area contributed by atoms with Gasteiger partial charge in [-0.3, -0.25) is 88.8 Å². The molecule has 7 unspecified atom stereocenters. The summed E-state index contributed by atoms with van der Waals surface area (Å²) in [6.45, 7) is 17.0. The Kier molecular flexibility index (Phi) is 56.9. The third kappa shape index (κ3) is 44.0. The summed E-state index contributed by atoms with van der Waals surface area (Å²) in [4.78, 5) is 198. The fourth-order valence-corrected chi connectivity index (χ4v) is 17.8. The Morgan fingerprint density at radius 1 is 0.418 bits per heavy atom. The van der Waals surface area contributed by atoms with Gasteiger partial charge in [-0.2, -0.15) is 0 Å². The van der Waals surface area contributed by atoms with Crippen molar-refractivity contribution < 1.29 is 169 Å². The molecule has 3 aliphatic heterocycles. The SMILES string of the molecule is COc1ccc(C(OCC(OC(=O)CCC(=O)N[S-](=P)=S)C(=O)N(CCCCN(CCCNC(=O)CCCCCCO[C@@H]2OC(COC(C)=O)[C@H](OC(C)=O)[C@H](C)C2NC(C)=O)C(=O)CCCCCCO[C@@H]2OC(COC(C)=O)[C@H](OC(C)=O)[C@H](C)C2NC(C)=O)CCCNC(=O)CCCCCCO[C@@H]2OC(COC(C)=O)[C@H](OC(C)=O)[C@H](C)C2NC(C)=O)(c2ccccc2)c2ccc(OC)cc2)cc1.[W]. The smallest absolute Gasteiger partial charge is 0.307 e. The zero-order chi connectivity index (χ0) is 103. The molecule has 43 heteroatoms. The summed E-state index contributed by atoms with van der Waals surface area (Å²) >= 11 is 5.15.